The molecule has 3 heterocycles. The average Bonchev–Trinajstić information content (AvgIpc) is 3.15. The van der Waals surface area contributed by atoms with Gasteiger partial charge in [0.15, 0.2) is 5.65 Å². The first-order valence-electron chi connectivity index (χ1n) is 11.0. The number of nitrogens with zero attached hydrogens (tertiary/aromatic N) is 5. The van der Waals surface area contributed by atoms with Gasteiger partial charge in [0.1, 0.15) is 5.39 Å². The van der Waals surface area contributed by atoms with Crippen molar-refractivity contribution >= 4 is 16.9 Å². The Balaban J connectivity index is 1.36. The molecule has 0 spiro atoms. The van der Waals surface area contributed by atoms with E-state index in [0.717, 1.165) is 19.6 Å². The van der Waals surface area contributed by atoms with Crippen LogP contribution in [0.1, 0.15) is 57.8 Å². The first kappa shape index (κ1) is 20.1. The Bertz CT molecular complexity index is 906. The Labute approximate surface area is 171 Å². The van der Waals surface area contributed by atoms with Crippen LogP contribution >= 0.6 is 0 Å². The lowest BCUT2D eigenvalue weighted by Crippen LogP contribution is -2.58. The van der Waals surface area contributed by atoms with Crippen molar-refractivity contribution in [2.75, 3.05) is 19.6 Å². The summed E-state index contributed by atoms with van der Waals surface area (Å²) in [4.78, 5) is 32.1. The second-order valence-electron chi connectivity index (χ2n) is 8.61. The highest BCUT2D eigenvalue weighted by Gasteiger charge is 2.38. The normalized spacial score (nSPS) is 20.0. The van der Waals surface area contributed by atoms with Crippen molar-refractivity contribution in [3.05, 3.63) is 22.9 Å². The van der Waals surface area contributed by atoms with Gasteiger partial charge in [0, 0.05) is 32.1 Å². The molecule has 1 aliphatic heterocycles. The second kappa shape index (κ2) is 8.65. The molecule has 0 bridgehead atoms. The summed E-state index contributed by atoms with van der Waals surface area (Å²) in [6.07, 6.45) is 13.3. The number of hydrogen-bond acceptors (Lipinski definition) is 5. The predicted octanol–water partition coefficient (Wildman–Crippen LogP) is 1.83. The van der Waals surface area contributed by atoms with Crippen LogP contribution in [0.4, 0.5) is 0 Å². The number of carbonyl (C=O) groups is 1. The summed E-state index contributed by atoms with van der Waals surface area (Å²) in [6.45, 7) is 3.37. The molecule has 158 valence electrons. The summed E-state index contributed by atoms with van der Waals surface area (Å²) < 4.78 is 3.09. The molecule has 29 heavy (non-hydrogen) atoms. The van der Waals surface area contributed by atoms with Crippen molar-refractivity contribution in [2.24, 2.45) is 7.05 Å². The molecule has 1 saturated carbocycles. The van der Waals surface area contributed by atoms with E-state index in [0.29, 0.717) is 17.6 Å². The smallest absolute Gasteiger partial charge is 0.264 e. The van der Waals surface area contributed by atoms with E-state index in [4.69, 9.17) is 0 Å². The van der Waals surface area contributed by atoms with E-state index in [-0.39, 0.29) is 23.4 Å². The van der Waals surface area contributed by atoms with Gasteiger partial charge in [0.25, 0.3) is 5.56 Å². The molecule has 8 heteroatoms. The maximum atomic E-state index is 12.6. The molecule has 0 radical (unpaired) electrons. The fourth-order valence-corrected chi connectivity index (χ4v) is 4.98. The molecule has 0 unspecified atom stereocenters. The van der Waals surface area contributed by atoms with Gasteiger partial charge in [-0.3, -0.25) is 23.7 Å². The van der Waals surface area contributed by atoms with Crippen LogP contribution in [0.2, 0.25) is 0 Å². The van der Waals surface area contributed by atoms with Crippen LogP contribution in [0.5, 0.6) is 0 Å². The molecule has 1 saturated heterocycles. The Morgan fingerprint density at radius 1 is 1.14 bits per heavy atom. The van der Waals surface area contributed by atoms with Gasteiger partial charge in [0.05, 0.1) is 12.5 Å². The number of nitrogens with one attached hydrogen (secondary N) is 1. The molecule has 1 amide bonds. The Kier molecular flexibility index (Phi) is 5.99. The van der Waals surface area contributed by atoms with E-state index in [9.17, 15) is 9.59 Å². The highest BCUT2D eigenvalue weighted by atomic mass is 16.2. The summed E-state index contributed by atoms with van der Waals surface area (Å²) in [5, 5.41) is 7.76. The summed E-state index contributed by atoms with van der Waals surface area (Å²) >= 11 is 0. The van der Waals surface area contributed by atoms with E-state index < -0.39 is 0 Å². The summed E-state index contributed by atoms with van der Waals surface area (Å²) in [5.74, 6) is 0.00476. The fraction of sp³-hybridized carbons (Fsp3) is 0.714. The number of piperidine rings is 1. The third-order valence-corrected chi connectivity index (χ3v) is 6.72. The topological polar surface area (TPSA) is 85.0 Å². The van der Waals surface area contributed by atoms with Gasteiger partial charge in [-0.2, -0.15) is 5.10 Å². The quantitative estimate of drug-likeness (QED) is 0.800. The minimum absolute atomic E-state index is 0.00476. The third-order valence-electron chi connectivity index (χ3n) is 6.72. The van der Waals surface area contributed by atoms with Crippen LogP contribution in [0.3, 0.4) is 0 Å². The van der Waals surface area contributed by atoms with E-state index in [2.05, 4.69) is 20.3 Å². The van der Waals surface area contributed by atoms with Gasteiger partial charge in [0.2, 0.25) is 5.91 Å². The van der Waals surface area contributed by atoms with Crippen molar-refractivity contribution in [3.8, 4) is 0 Å². The lowest BCUT2D eigenvalue weighted by molar-refractivity contribution is -0.122. The molecule has 4 rings (SSSR count). The molecule has 1 N–H and O–H groups in total. The van der Waals surface area contributed by atoms with Crippen molar-refractivity contribution in [3.63, 3.8) is 0 Å². The largest absolute Gasteiger partial charge is 0.354 e. The Morgan fingerprint density at radius 3 is 2.62 bits per heavy atom. The van der Waals surface area contributed by atoms with E-state index in [1.807, 2.05) is 0 Å². The number of carbonyl (C=O) groups excluding carboxylic acids is 1. The fourth-order valence-electron chi connectivity index (χ4n) is 4.98. The van der Waals surface area contributed by atoms with Crippen LogP contribution in [-0.4, -0.2) is 55.3 Å². The summed E-state index contributed by atoms with van der Waals surface area (Å²) in [6, 6.07) is 0. The molecule has 2 fully saturated rings. The third kappa shape index (κ3) is 4.22. The number of amides is 1. The zero-order chi connectivity index (χ0) is 20.3. The van der Waals surface area contributed by atoms with Gasteiger partial charge in [-0.25, -0.2) is 4.98 Å². The Hall–Kier alpha value is -2.22. The first-order chi connectivity index (χ1) is 14.1. The zero-order valence-electron chi connectivity index (χ0n) is 17.4. The van der Waals surface area contributed by atoms with Gasteiger partial charge < -0.3 is 5.32 Å². The van der Waals surface area contributed by atoms with Crippen molar-refractivity contribution in [1.82, 2.24) is 29.5 Å². The summed E-state index contributed by atoms with van der Waals surface area (Å²) in [7, 11) is 1.76. The average molecular weight is 401 g/mol. The van der Waals surface area contributed by atoms with Gasteiger partial charge in [-0.1, -0.05) is 25.7 Å². The number of hydrogen-bond donors (Lipinski definition) is 1. The zero-order valence-corrected chi connectivity index (χ0v) is 17.4. The van der Waals surface area contributed by atoms with Crippen LogP contribution in [0.25, 0.3) is 11.0 Å². The van der Waals surface area contributed by atoms with Crippen molar-refractivity contribution in [1.29, 1.82) is 0 Å². The molecule has 0 aromatic carbocycles. The maximum absolute atomic E-state index is 12.6. The minimum Gasteiger partial charge on any atom is -0.354 e. The SMILES string of the molecule is Cn1ncc2c(=O)n(CCC(=O)NCC3(N4CCCCC4)CCCCC3)cnc21. The first-order valence-corrected chi connectivity index (χ1v) is 11.0. The van der Waals surface area contributed by atoms with Gasteiger partial charge in [-0.15, -0.1) is 0 Å². The molecule has 0 atom stereocenters. The van der Waals surface area contributed by atoms with E-state index >= 15 is 0 Å². The highest BCUT2D eigenvalue weighted by Crippen LogP contribution is 2.35. The monoisotopic (exact) mass is 400 g/mol. The van der Waals surface area contributed by atoms with Crippen LogP contribution in [0, 0.1) is 0 Å². The molecule has 2 aromatic rings. The molecular weight excluding hydrogens is 368 g/mol. The van der Waals surface area contributed by atoms with Gasteiger partial charge >= 0.3 is 0 Å². The lowest BCUT2D eigenvalue weighted by atomic mass is 9.79. The molecule has 8 nitrogen and oxygen atoms in total. The second-order valence-corrected chi connectivity index (χ2v) is 8.61. The predicted molar refractivity (Wildman–Crippen MR) is 112 cm³/mol. The molecule has 2 aromatic heterocycles. The van der Waals surface area contributed by atoms with Crippen LogP contribution in [0.15, 0.2) is 17.3 Å². The van der Waals surface area contributed by atoms with Crippen LogP contribution < -0.4 is 10.9 Å². The molecule has 1 aliphatic carbocycles. The maximum Gasteiger partial charge on any atom is 0.264 e. The lowest BCUT2D eigenvalue weighted by Gasteiger charge is -2.48. The van der Waals surface area contributed by atoms with Crippen molar-refractivity contribution in [2.45, 2.75) is 69.9 Å². The number of likely N-dealkylation sites (tertiary alicyclic amines) is 1. The Morgan fingerprint density at radius 2 is 1.86 bits per heavy atom. The molecular formula is C21H32N6O2. The van der Waals surface area contributed by atoms with Crippen LogP contribution in [-0.2, 0) is 18.4 Å². The van der Waals surface area contributed by atoms with Crippen molar-refractivity contribution < 1.29 is 4.79 Å². The van der Waals surface area contributed by atoms with E-state index in [1.54, 1.807) is 11.7 Å². The number of aromatic nitrogens is 4. The summed E-state index contributed by atoms with van der Waals surface area (Å²) in [5.41, 5.74) is 0.547. The number of fused-ring (bicyclic) bond motifs is 1. The number of aryl methyl sites for hydroxylation is 2. The number of rotatable bonds is 6. The standard InChI is InChI=1S/C21H32N6O2/c1-25-19-17(14-24-25)20(29)26(16-23-19)13-8-18(28)22-15-21(9-4-2-5-10-21)27-11-6-3-7-12-27/h14,16H,2-13,15H2,1H3,(H,22,28). The minimum atomic E-state index is -0.145. The highest BCUT2D eigenvalue weighted by molar-refractivity contribution is 5.76. The molecule has 2 aliphatic rings. The van der Waals surface area contributed by atoms with Gasteiger partial charge in [-0.05, 0) is 38.8 Å². The van der Waals surface area contributed by atoms with E-state index in [1.165, 1.54) is 68.5 Å².